The van der Waals surface area contributed by atoms with Crippen molar-refractivity contribution in [1.29, 1.82) is 0 Å². The van der Waals surface area contributed by atoms with Crippen LogP contribution >= 0.6 is 34.8 Å². The molecule has 220 valence electrons. The Balaban J connectivity index is 2.10. The van der Waals surface area contributed by atoms with Crippen molar-refractivity contribution in [2.45, 2.75) is 64.1 Å². The molecular weight excluding hydrogens is 605 g/mol. The number of rotatable bonds is 12. The third kappa shape index (κ3) is 8.16. The number of hydrogen-bond acceptors (Lipinski definition) is 4. The monoisotopic (exact) mass is 637 g/mol. The van der Waals surface area contributed by atoms with E-state index in [9.17, 15) is 18.0 Å². The third-order valence-corrected chi connectivity index (χ3v) is 9.52. The number of anilines is 1. The first-order valence-corrected chi connectivity index (χ1v) is 15.8. The zero-order valence-electron chi connectivity index (χ0n) is 23.4. The summed E-state index contributed by atoms with van der Waals surface area (Å²) >= 11 is 18.6. The molecule has 41 heavy (non-hydrogen) atoms. The lowest BCUT2D eigenvalue weighted by molar-refractivity contribution is -0.140. The van der Waals surface area contributed by atoms with Crippen molar-refractivity contribution in [2.24, 2.45) is 0 Å². The highest BCUT2D eigenvalue weighted by Crippen LogP contribution is 2.30. The summed E-state index contributed by atoms with van der Waals surface area (Å²) in [5.41, 5.74) is 1.51. The Hall–Kier alpha value is -2.78. The zero-order valence-corrected chi connectivity index (χ0v) is 26.5. The minimum atomic E-state index is -4.19. The maximum atomic E-state index is 14.2. The van der Waals surface area contributed by atoms with Crippen molar-refractivity contribution in [3.05, 3.63) is 92.9 Å². The molecule has 2 atom stereocenters. The molecule has 0 aliphatic carbocycles. The van der Waals surface area contributed by atoms with E-state index in [1.165, 1.54) is 23.1 Å². The molecule has 3 rings (SSSR count). The van der Waals surface area contributed by atoms with Gasteiger partial charge in [-0.2, -0.15) is 0 Å². The number of halogens is 3. The van der Waals surface area contributed by atoms with E-state index in [1.807, 2.05) is 13.8 Å². The predicted molar refractivity (Wildman–Crippen MR) is 166 cm³/mol. The van der Waals surface area contributed by atoms with E-state index in [0.29, 0.717) is 39.0 Å². The summed E-state index contributed by atoms with van der Waals surface area (Å²) in [6.45, 7) is 6.82. The number of nitrogens with one attached hydrogen (secondary N) is 1. The summed E-state index contributed by atoms with van der Waals surface area (Å²) < 4.78 is 29.0. The van der Waals surface area contributed by atoms with Crippen molar-refractivity contribution < 1.29 is 18.0 Å². The van der Waals surface area contributed by atoms with E-state index in [0.717, 1.165) is 4.31 Å². The number of carbonyl (C=O) groups is 2. The van der Waals surface area contributed by atoms with Crippen molar-refractivity contribution >= 4 is 62.3 Å². The van der Waals surface area contributed by atoms with E-state index >= 15 is 0 Å². The molecule has 0 bridgehead atoms. The van der Waals surface area contributed by atoms with Gasteiger partial charge in [0, 0.05) is 17.6 Å². The summed E-state index contributed by atoms with van der Waals surface area (Å²) in [6, 6.07) is 16.7. The van der Waals surface area contributed by atoms with Crippen LogP contribution in [-0.4, -0.2) is 43.8 Å². The topological polar surface area (TPSA) is 86.8 Å². The number of carbonyl (C=O) groups excluding carboxylic acids is 2. The highest BCUT2D eigenvalue weighted by Gasteiger charge is 2.34. The molecule has 11 heteroatoms. The van der Waals surface area contributed by atoms with Gasteiger partial charge in [0.25, 0.3) is 10.0 Å². The molecule has 0 spiro atoms. The fourth-order valence-corrected chi connectivity index (χ4v) is 6.26. The number of aryl methyl sites for hydroxylation is 1. The summed E-state index contributed by atoms with van der Waals surface area (Å²) in [5.74, 6) is -0.896. The molecule has 0 heterocycles. The van der Waals surface area contributed by atoms with Gasteiger partial charge in [0.15, 0.2) is 0 Å². The zero-order chi connectivity index (χ0) is 30.3. The highest BCUT2D eigenvalue weighted by molar-refractivity contribution is 7.92. The van der Waals surface area contributed by atoms with Gasteiger partial charge in [0.2, 0.25) is 11.8 Å². The minimum Gasteiger partial charge on any atom is -0.352 e. The Morgan fingerprint density at radius 3 is 2.20 bits per heavy atom. The van der Waals surface area contributed by atoms with Gasteiger partial charge < -0.3 is 10.2 Å². The van der Waals surface area contributed by atoms with Gasteiger partial charge in [-0.05, 0) is 74.2 Å². The van der Waals surface area contributed by atoms with E-state index in [4.69, 9.17) is 34.8 Å². The second-order valence-electron chi connectivity index (χ2n) is 9.77. The lowest BCUT2D eigenvalue weighted by atomic mass is 10.1. The van der Waals surface area contributed by atoms with E-state index in [2.05, 4.69) is 5.32 Å². The molecule has 0 aliphatic heterocycles. The van der Waals surface area contributed by atoms with Gasteiger partial charge in [-0.3, -0.25) is 13.9 Å². The molecule has 3 aromatic rings. The fourth-order valence-electron chi connectivity index (χ4n) is 4.28. The molecular formula is C30H34Cl3N3O4S. The summed E-state index contributed by atoms with van der Waals surface area (Å²) in [6.07, 6.45) is 1.01. The van der Waals surface area contributed by atoms with E-state index in [-0.39, 0.29) is 29.1 Å². The van der Waals surface area contributed by atoms with Crippen LogP contribution in [0, 0.1) is 6.92 Å². The second-order valence-corrected chi connectivity index (χ2v) is 12.9. The van der Waals surface area contributed by atoms with Crippen LogP contribution in [0.1, 0.15) is 44.7 Å². The lowest BCUT2D eigenvalue weighted by Gasteiger charge is -2.34. The number of sulfonamides is 1. The molecule has 2 amide bonds. The van der Waals surface area contributed by atoms with Crippen molar-refractivity contribution in [3.63, 3.8) is 0 Å². The van der Waals surface area contributed by atoms with Crippen LogP contribution in [0.3, 0.4) is 0 Å². The van der Waals surface area contributed by atoms with Crippen molar-refractivity contribution in [1.82, 2.24) is 10.2 Å². The average molecular weight is 639 g/mol. The second kappa shape index (κ2) is 14.4. The van der Waals surface area contributed by atoms with Crippen molar-refractivity contribution in [2.75, 3.05) is 10.8 Å². The Bertz CT molecular complexity index is 1490. The van der Waals surface area contributed by atoms with Gasteiger partial charge in [0.1, 0.15) is 12.6 Å². The van der Waals surface area contributed by atoms with Gasteiger partial charge in [-0.1, -0.05) is 79.0 Å². The van der Waals surface area contributed by atoms with Crippen LogP contribution in [0.4, 0.5) is 5.69 Å². The molecule has 0 saturated carbocycles. The van der Waals surface area contributed by atoms with Crippen LogP contribution in [0.2, 0.25) is 15.1 Å². The molecule has 3 aromatic carbocycles. The lowest BCUT2D eigenvalue weighted by Crippen LogP contribution is -2.53. The smallest absolute Gasteiger partial charge is 0.264 e. The van der Waals surface area contributed by atoms with E-state index < -0.39 is 28.5 Å². The Kier molecular flexibility index (Phi) is 11.5. The Morgan fingerprint density at radius 2 is 1.59 bits per heavy atom. The Morgan fingerprint density at radius 1 is 0.902 bits per heavy atom. The van der Waals surface area contributed by atoms with Crippen molar-refractivity contribution in [3.8, 4) is 0 Å². The predicted octanol–water partition coefficient (Wildman–Crippen LogP) is 6.87. The van der Waals surface area contributed by atoms with Gasteiger partial charge >= 0.3 is 0 Å². The van der Waals surface area contributed by atoms with Gasteiger partial charge in [-0.15, -0.1) is 0 Å². The largest absolute Gasteiger partial charge is 0.352 e. The van der Waals surface area contributed by atoms with Crippen LogP contribution in [-0.2, 0) is 26.2 Å². The SMILES string of the molecule is CC[C@@H](C)NC(=O)[C@@H](CC)N(Cc1ccc(Cl)c(Cl)c1)C(=O)CN(c1cc(Cl)ccc1C)S(=O)(=O)c1ccccc1. The number of benzene rings is 3. The highest BCUT2D eigenvalue weighted by atomic mass is 35.5. The molecule has 0 unspecified atom stereocenters. The van der Waals surface area contributed by atoms with Gasteiger partial charge in [-0.25, -0.2) is 8.42 Å². The third-order valence-electron chi connectivity index (χ3n) is 6.77. The molecule has 7 nitrogen and oxygen atoms in total. The van der Waals surface area contributed by atoms with Crippen LogP contribution in [0.15, 0.2) is 71.6 Å². The minimum absolute atomic E-state index is 0.00983. The molecule has 0 radical (unpaired) electrons. The number of nitrogens with zero attached hydrogens (tertiary/aromatic N) is 2. The fraction of sp³-hybridized carbons (Fsp3) is 0.333. The molecule has 0 aromatic heterocycles. The van der Waals surface area contributed by atoms with Gasteiger partial charge in [0.05, 0.1) is 20.6 Å². The summed E-state index contributed by atoms with van der Waals surface area (Å²) in [7, 11) is -4.19. The molecule has 1 N–H and O–H groups in total. The quantitative estimate of drug-likeness (QED) is 0.235. The van der Waals surface area contributed by atoms with Crippen LogP contribution in [0.5, 0.6) is 0 Å². The summed E-state index contributed by atoms with van der Waals surface area (Å²) in [4.78, 5) is 28.9. The summed E-state index contributed by atoms with van der Waals surface area (Å²) in [5, 5.41) is 3.92. The normalized spacial score (nSPS) is 12.9. The first kappa shape index (κ1) is 32.7. The Labute approximate surface area is 257 Å². The van der Waals surface area contributed by atoms with Crippen LogP contribution in [0.25, 0.3) is 0 Å². The number of amides is 2. The maximum absolute atomic E-state index is 14.2. The van der Waals surface area contributed by atoms with Crippen LogP contribution < -0.4 is 9.62 Å². The van der Waals surface area contributed by atoms with E-state index in [1.54, 1.807) is 62.4 Å². The number of hydrogen-bond donors (Lipinski definition) is 1. The average Bonchev–Trinajstić information content (AvgIpc) is 2.95. The first-order valence-electron chi connectivity index (χ1n) is 13.3. The standard InChI is InChI=1S/C30H34Cl3N3O4S/c1-5-21(4)34-30(38)27(6-2)35(18-22-13-15-25(32)26(33)16-22)29(37)19-36(28-17-23(31)14-12-20(28)3)41(39,40)24-10-8-7-9-11-24/h7-17,21,27H,5-6,18-19H2,1-4H3,(H,34,38)/t21-,27-/m1/s1. The maximum Gasteiger partial charge on any atom is 0.264 e. The molecule has 0 saturated heterocycles. The molecule has 0 aliphatic rings. The molecule has 0 fully saturated rings. The first-order chi connectivity index (χ1) is 19.4.